The van der Waals surface area contributed by atoms with Gasteiger partial charge in [0.05, 0.1) is 11.3 Å². The van der Waals surface area contributed by atoms with Gasteiger partial charge in [0.25, 0.3) is 5.91 Å². The van der Waals surface area contributed by atoms with Crippen molar-refractivity contribution in [2.45, 2.75) is 58.6 Å². The maximum atomic E-state index is 12.4. The molecule has 24 heavy (non-hydrogen) atoms. The molecule has 128 valence electrons. The normalized spacial score (nSPS) is 20.6. The van der Waals surface area contributed by atoms with Crippen LogP contribution in [0.15, 0.2) is 18.3 Å². The van der Waals surface area contributed by atoms with E-state index in [4.69, 9.17) is 4.74 Å². The third-order valence-electron chi connectivity index (χ3n) is 4.54. The number of aromatic nitrogens is 3. The quantitative estimate of drug-likeness (QED) is 0.904. The van der Waals surface area contributed by atoms with Crippen LogP contribution in [0.1, 0.15) is 53.0 Å². The highest BCUT2D eigenvalue weighted by atomic mass is 16.5. The van der Waals surface area contributed by atoms with Crippen LogP contribution in [0.3, 0.4) is 0 Å². The van der Waals surface area contributed by atoms with Gasteiger partial charge in [-0.3, -0.25) is 9.89 Å². The van der Waals surface area contributed by atoms with Crippen molar-refractivity contribution in [3.8, 4) is 5.88 Å². The number of nitrogens with one attached hydrogen (secondary N) is 2. The van der Waals surface area contributed by atoms with Gasteiger partial charge in [-0.25, -0.2) is 4.98 Å². The van der Waals surface area contributed by atoms with E-state index in [1.165, 1.54) is 0 Å². The highest BCUT2D eigenvalue weighted by molar-refractivity contribution is 5.96. The average Bonchev–Trinajstić information content (AvgIpc) is 2.90. The molecular formula is C18H24N4O2. The van der Waals surface area contributed by atoms with E-state index in [0.29, 0.717) is 11.4 Å². The summed E-state index contributed by atoms with van der Waals surface area (Å²) in [5.41, 5.74) is 3.34. The Balaban J connectivity index is 1.50. The standard InChI is InChI=1S/C18H24N4O2/c1-11-4-9-16(19-10-11)24-15-7-5-14(6-8-15)20-18(23)17-12(2)21-22-13(17)3/h4,9-10,14-15H,5-8H2,1-3H3,(H,20,23)(H,21,22). The first-order chi connectivity index (χ1) is 11.5. The van der Waals surface area contributed by atoms with Crippen molar-refractivity contribution >= 4 is 5.91 Å². The zero-order valence-electron chi connectivity index (χ0n) is 14.4. The van der Waals surface area contributed by atoms with Crippen LogP contribution in [0.25, 0.3) is 0 Å². The first-order valence-electron chi connectivity index (χ1n) is 8.44. The van der Waals surface area contributed by atoms with Crippen molar-refractivity contribution < 1.29 is 9.53 Å². The molecule has 1 amide bonds. The minimum atomic E-state index is -0.0386. The lowest BCUT2D eigenvalue weighted by Gasteiger charge is -2.29. The number of amides is 1. The molecule has 6 nitrogen and oxygen atoms in total. The molecule has 0 unspecified atom stereocenters. The number of nitrogens with zero attached hydrogens (tertiary/aromatic N) is 2. The highest BCUT2D eigenvalue weighted by Gasteiger charge is 2.25. The minimum absolute atomic E-state index is 0.0386. The molecule has 0 bridgehead atoms. The summed E-state index contributed by atoms with van der Waals surface area (Å²) in [6.07, 6.45) is 5.66. The maximum absolute atomic E-state index is 12.4. The summed E-state index contributed by atoms with van der Waals surface area (Å²) in [7, 11) is 0. The molecule has 2 aromatic rings. The van der Waals surface area contributed by atoms with Gasteiger partial charge >= 0.3 is 0 Å². The molecule has 1 aliphatic carbocycles. The number of carbonyl (C=O) groups excluding carboxylic acids is 1. The summed E-state index contributed by atoms with van der Waals surface area (Å²) >= 11 is 0. The molecule has 0 aliphatic heterocycles. The monoisotopic (exact) mass is 328 g/mol. The molecule has 2 aromatic heterocycles. The van der Waals surface area contributed by atoms with E-state index in [-0.39, 0.29) is 18.1 Å². The predicted octanol–water partition coefficient (Wildman–Crippen LogP) is 2.85. The van der Waals surface area contributed by atoms with Gasteiger partial charge < -0.3 is 10.1 Å². The van der Waals surface area contributed by atoms with Crippen LogP contribution in [-0.2, 0) is 0 Å². The molecule has 3 rings (SSSR count). The number of H-pyrrole nitrogens is 1. The van der Waals surface area contributed by atoms with Gasteiger partial charge in [0, 0.05) is 24.0 Å². The number of rotatable bonds is 4. The van der Waals surface area contributed by atoms with E-state index in [9.17, 15) is 4.79 Å². The number of ether oxygens (including phenoxy) is 1. The van der Waals surface area contributed by atoms with Crippen molar-refractivity contribution in [2.24, 2.45) is 0 Å². The SMILES string of the molecule is Cc1ccc(OC2CCC(NC(=O)c3c(C)n[nH]c3C)CC2)nc1. The molecule has 0 spiro atoms. The molecular weight excluding hydrogens is 304 g/mol. The summed E-state index contributed by atoms with van der Waals surface area (Å²) in [6.45, 7) is 5.72. The number of hydrogen-bond donors (Lipinski definition) is 2. The lowest BCUT2D eigenvalue weighted by Crippen LogP contribution is -2.40. The molecule has 1 fully saturated rings. The summed E-state index contributed by atoms with van der Waals surface area (Å²) in [4.78, 5) is 16.7. The van der Waals surface area contributed by atoms with Crippen LogP contribution in [0.2, 0.25) is 0 Å². The van der Waals surface area contributed by atoms with Crippen molar-refractivity contribution in [1.82, 2.24) is 20.5 Å². The van der Waals surface area contributed by atoms with Crippen molar-refractivity contribution in [1.29, 1.82) is 0 Å². The summed E-state index contributed by atoms with van der Waals surface area (Å²) in [5, 5.41) is 10.1. The van der Waals surface area contributed by atoms with Crippen LogP contribution >= 0.6 is 0 Å². The zero-order valence-corrected chi connectivity index (χ0v) is 14.4. The Hall–Kier alpha value is -2.37. The molecule has 2 N–H and O–H groups in total. The smallest absolute Gasteiger partial charge is 0.255 e. The van der Waals surface area contributed by atoms with E-state index in [2.05, 4.69) is 20.5 Å². The summed E-state index contributed by atoms with van der Waals surface area (Å²) in [5.74, 6) is 0.640. The fraction of sp³-hybridized carbons (Fsp3) is 0.500. The van der Waals surface area contributed by atoms with Crippen LogP contribution in [0.5, 0.6) is 5.88 Å². The van der Waals surface area contributed by atoms with Crippen molar-refractivity contribution in [3.05, 3.63) is 40.8 Å². The van der Waals surface area contributed by atoms with Crippen LogP contribution < -0.4 is 10.1 Å². The molecule has 1 aliphatic rings. The van der Waals surface area contributed by atoms with Gasteiger partial charge in [0.1, 0.15) is 6.10 Å². The second-order valence-corrected chi connectivity index (χ2v) is 6.55. The Morgan fingerprint density at radius 3 is 2.54 bits per heavy atom. The van der Waals surface area contributed by atoms with Crippen molar-refractivity contribution in [3.63, 3.8) is 0 Å². The Bertz CT molecular complexity index is 681. The number of aromatic amines is 1. The second-order valence-electron chi connectivity index (χ2n) is 6.55. The highest BCUT2D eigenvalue weighted by Crippen LogP contribution is 2.23. The Morgan fingerprint density at radius 1 is 1.21 bits per heavy atom. The fourth-order valence-corrected chi connectivity index (χ4v) is 3.16. The Morgan fingerprint density at radius 2 is 1.96 bits per heavy atom. The Labute approximate surface area is 142 Å². The van der Waals surface area contributed by atoms with E-state index in [0.717, 1.165) is 42.6 Å². The summed E-state index contributed by atoms with van der Waals surface area (Å²) < 4.78 is 5.94. The number of pyridine rings is 1. The van der Waals surface area contributed by atoms with E-state index in [1.807, 2.05) is 39.1 Å². The lowest BCUT2D eigenvalue weighted by atomic mass is 9.92. The van der Waals surface area contributed by atoms with Crippen LogP contribution in [0, 0.1) is 20.8 Å². The molecule has 2 heterocycles. The molecule has 0 saturated heterocycles. The molecule has 1 saturated carbocycles. The topological polar surface area (TPSA) is 79.9 Å². The molecule has 6 heteroatoms. The van der Waals surface area contributed by atoms with Gasteiger partial charge in [0.2, 0.25) is 5.88 Å². The molecule has 0 radical (unpaired) electrons. The second kappa shape index (κ2) is 7.03. The lowest BCUT2D eigenvalue weighted by molar-refractivity contribution is 0.0889. The van der Waals surface area contributed by atoms with E-state index < -0.39 is 0 Å². The first kappa shape index (κ1) is 16.5. The van der Waals surface area contributed by atoms with Gasteiger partial charge in [-0.15, -0.1) is 0 Å². The first-order valence-corrected chi connectivity index (χ1v) is 8.44. The Kier molecular flexibility index (Phi) is 4.83. The fourth-order valence-electron chi connectivity index (χ4n) is 3.16. The third kappa shape index (κ3) is 3.75. The third-order valence-corrected chi connectivity index (χ3v) is 4.54. The zero-order chi connectivity index (χ0) is 17.1. The van der Waals surface area contributed by atoms with E-state index >= 15 is 0 Å². The van der Waals surface area contributed by atoms with Crippen molar-refractivity contribution in [2.75, 3.05) is 0 Å². The molecule has 0 atom stereocenters. The van der Waals surface area contributed by atoms with Crippen LogP contribution in [-0.4, -0.2) is 33.2 Å². The number of aryl methyl sites for hydroxylation is 3. The minimum Gasteiger partial charge on any atom is -0.474 e. The maximum Gasteiger partial charge on any atom is 0.255 e. The molecule has 0 aromatic carbocycles. The average molecular weight is 328 g/mol. The van der Waals surface area contributed by atoms with Gasteiger partial charge in [0.15, 0.2) is 0 Å². The predicted molar refractivity (Wildman–Crippen MR) is 91.2 cm³/mol. The largest absolute Gasteiger partial charge is 0.474 e. The van der Waals surface area contributed by atoms with Crippen LogP contribution in [0.4, 0.5) is 0 Å². The number of carbonyl (C=O) groups is 1. The van der Waals surface area contributed by atoms with Gasteiger partial charge in [-0.05, 0) is 52.0 Å². The summed E-state index contributed by atoms with van der Waals surface area (Å²) in [6, 6.07) is 4.11. The number of hydrogen-bond acceptors (Lipinski definition) is 4. The van der Waals surface area contributed by atoms with Gasteiger partial charge in [-0.2, -0.15) is 5.10 Å². The van der Waals surface area contributed by atoms with E-state index in [1.54, 1.807) is 0 Å². The van der Waals surface area contributed by atoms with Gasteiger partial charge in [-0.1, -0.05) is 6.07 Å².